The highest BCUT2D eigenvalue weighted by Crippen LogP contribution is 2.34. The van der Waals surface area contributed by atoms with Gasteiger partial charge in [-0.05, 0) is 36.1 Å². The van der Waals surface area contributed by atoms with E-state index in [1.807, 2.05) is 12.1 Å². The van der Waals surface area contributed by atoms with Crippen molar-refractivity contribution in [3.05, 3.63) is 63.1 Å². The number of carbonyl (C=O) groups is 1. The molecule has 5 heteroatoms. The number of ether oxygens (including phenoxy) is 1. The first-order valence-corrected chi connectivity index (χ1v) is 7.75. The summed E-state index contributed by atoms with van der Waals surface area (Å²) in [5, 5.41) is 3.99. The van der Waals surface area contributed by atoms with Gasteiger partial charge in [-0.2, -0.15) is 0 Å². The number of benzene rings is 2. The van der Waals surface area contributed by atoms with Crippen molar-refractivity contribution < 1.29 is 9.53 Å². The van der Waals surface area contributed by atoms with E-state index in [1.165, 1.54) is 18.2 Å². The Hall–Kier alpha value is -1.71. The van der Waals surface area contributed by atoms with E-state index in [9.17, 15) is 4.79 Å². The fourth-order valence-electron chi connectivity index (χ4n) is 2.83. The summed E-state index contributed by atoms with van der Waals surface area (Å²) < 4.78 is 4.74. The Morgan fingerprint density at radius 2 is 1.77 bits per heavy atom. The van der Waals surface area contributed by atoms with Gasteiger partial charge in [0.05, 0.1) is 28.4 Å². The van der Waals surface area contributed by atoms with Gasteiger partial charge in [-0.25, -0.2) is 4.79 Å². The maximum absolute atomic E-state index is 11.8. The van der Waals surface area contributed by atoms with E-state index in [-0.39, 0.29) is 16.6 Å². The lowest BCUT2D eigenvalue weighted by molar-refractivity contribution is 0.0601. The molecule has 2 aromatic carbocycles. The number of anilines is 1. The molecule has 0 saturated heterocycles. The topological polar surface area (TPSA) is 38.3 Å². The maximum Gasteiger partial charge on any atom is 0.340 e. The highest BCUT2D eigenvalue weighted by Gasteiger charge is 2.23. The molecular formula is C17H15Cl2NO2. The summed E-state index contributed by atoms with van der Waals surface area (Å²) in [4.78, 5) is 11.8. The summed E-state index contributed by atoms with van der Waals surface area (Å²) in [6.45, 7) is 0. The number of hydrogen-bond acceptors (Lipinski definition) is 3. The molecule has 0 fully saturated rings. The summed E-state index contributed by atoms with van der Waals surface area (Å²) in [7, 11) is 1.31. The lowest BCUT2D eigenvalue weighted by atomic mass is 10.1. The van der Waals surface area contributed by atoms with Crippen molar-refractivity contribution in [3.8, 4) is 0 Å². The molecule has 0 spiro atoms. The Labute approximate surface area is 139 Å². The predicted octanol–water partition coefficient (Wildman–Crippen LogP) is 4.36. The molecule has 114 valence electrons. The van der Waals surface area contributed by atoms with Crippen LogP contribution in [0.4, 0.5) is 5.69 Å². The third-order valence-corrected chi connectivity index (χ3v) is 4.60. The van der Waals surface area contributed by atoms with Crippen LogP contribution < -0.4 is 5.32 Å². The SMILES string of the molecule is COC(=O)c1c(Cl)ccc(NC2Cc3ccccc3C2)c1Cl. The van der Waals surface area contributed by atoms with Gasteiger partial charge in [-0.1, -0.05) is 47.5 Å². The fraction of sp³-hybridized carbons (Fsp3) is 0.235. The first kappa shape index (κ1) is 15.2. The molecule has 0 aliphatic heterocycles. The second-order valence-corrected chi connectivity index (χ2v) is 6.08. The van der Waals surface area contributed by atoms with Crippen molar-refractivity contribution in [3.63, 3.8) is 0 Å². The van der Waals surface area contributed by atoms with Gasteiger partial charge in [0.25, 0.3) is 0 Å². The predicted molar refractivity (Wildman–Crippen MR) is 89.1 cm³/mol. The minimum atomic E-state index is -0.534. The molecule has 2 aromatic rings. The number of rotatable bonds is 3. The van der Waals surface area contributed by atoms with Crippen LogP contribution in [0.3, 0.4) is 0 Å². The van der Waals surface area contributed by atoms with Crippen LogP contribution in [0.15, 0.2) is 36.4 Å². The molecule has 22 heavy (non-hydrogen) atoms. The van der Waals surface area contributed by atoms with Crippen molar-refractivity contribution in [2.45, 2.75) is 18.9 Å². The highest BCUT2D eigenvalue weighted by molar-refractivity contribution is 6.41. The Morgan fingerprint density at radius 1 is 1.14 bits per heavy atom. The quantitative estimate of drug-likeness (QED) is 0.847. The van der Waals surface area contributed by atoms with Gasteiger partial charge in [0, 0.05) is 6.04 Å². The zero-order valence-electron chi connectivity index (χ0n) is 12.0. The number of halogens is 2. The van der Waals surface area contributed by atoms with Crippen molar-refractivity contribution in [1.82, 2.24) is 0 Å². The lowest BCUT2D eigenvalue weighted by Crippen LogP contribution is -2.20. The number of hydrogen-bond donors (Lipinski definition) is 1. The van der Waals surface area contributed by atoms with Gasteiger partial charge in [0.1, 0.15) is 0 Å². The Bertz CT molecular complexity index is 706. The molecule has 0 radical (unpaired) electrons. The minimum absolute atomic E-state index is 0.200. The van der Waals surface area contributed by atoms with Crippen LogP contribution >= 0.6 is 23.2 Å². The molecular weight excluding hydrogens is 321 g/mol. The average molecular weight is 336 g/mol. The standard InChI is InChI=1S/C17H15Cl2NO2/c1-22-17(21)15-13(18)6-7-14(16(15)19)20-12-8-10-4-2-3-5-11(10)9-12/h2-7,12,20H,8-9H2,1H3. The molecule has 0 atom stereocenters. The molecule has 1 N–H and O–H groups in total. The van der Waals surface area contributed by atoms with Gasteiger partial charge < -0.3 is 10.1 Å². The monoisotopic (exact) mass is 335 g/mol. The summed E-state index contributed by atoms with van der Waals surface area (Å²) in [5.74, 6) is -0.534. The van der Waals surface area contributed by atoms with E-state index in [0.717, 1.165) is 12.8 Å². The molecule has 1 aliphatic rings. The van der Waals surface area contributed by atoms with Crippen molar-refractivity contribution >= 4 is 34.9 Å². The van der Waals surface area contributed by atoms with Crippen molar-refractivity contribution in [1.29, 1.82) is 0 Å². The summed E-state index contributed by atoms with van der Waals surface area (Å²) >= 11 is 12.4. The van der Waals surface area contributed by atoms with Crippen LogP contribution in [0, 0.1) is 0 Å². The summed E-state index contributed by atoms with van der Waals surface area (Å²) in [5.41, 5.74) is 3.59. The molecule has 1 aliphatic carbocycles. The Morgan fingerprint density at radius 3 is 2.36 bits per heavy atom. The van der Waals surface area contributed by atoms with Gasteiger partial charge in [0.15, 0.2) is 0 Å². The van der Waals surface area contributed by atoms with Gasteiger partial charge >= 0.3 is 5.97 Å². The molecule has 3 rings (SSSR count). The van der Waals surface area contributed by atoms with E-state index in [1.54, 1.807) is 12.1 Å². The fourth-order valence-corrected chi connectivity index (χ4v) is 3.41. The number of fused-ring (bicyclic) bond motifs is 1. The van der Waals surface area contributed by atoms with Crippen LogP contribution in [0.2, 0.25) is 10.0 Å². The number of methoxy groups -OCH3 is 1. The minimum Gasteiger partial charge on any atom is -0.465 e. The van der Waals surface area contributed by atoms with Gasteiger partial charge in [0.2, 0.25) is 0 Å². The van der Waals surface area contributed by atoms with Crippen LogP contribution in [0.1, 0.15) is 21.5 Å². The van der Waals surface area contributed by atoms with E-state index < -0.39 is 5.97 Å². The van der Waals surface area contributed by atoms with Crippen molar-refractivity contribution in [2.24, 2.45) is 0 Å². The van der Waals surface area contributed by atoms with Crippen LogP contribution in [-0.2, 0) is 17.6 Å². The maximum atomic E-state index is 11.8. The smallest absolute Gasteiger partial charge is 0.340 e. The number of nitrogens with one attached hydrogen (secondary N) is 1. The molecule has 0 aromatic heterocycles. The van der Waals surface area contributed by atoms with Crippen LogP contribution in [-0.4, -0.2) is 19.1 Å². The first-order chi connectivity index (χ1) is 10.6. The van der Waals surface area contributed by atoms with E-state index in [4.69, 9.17) is 27.9 Å². The third-order valence-electron chi connectivity index (χ3n) is 3.89. The van der Waals surface area contributed by atoms with Gasteiger partial charge in [-0.3, -0.25) is 0 Å². The average Bonchev–Trinajstić information content (AvgIpc) is 2.92. The van der Waals surface area contributed by atoms with E-state index in [0.29, 0.717) is 10.7 Å². The molecule has 0 heterocycles. The first-order valence-electron chi connectivity index (χ1n) is 6.99. The van der Waals surface area contributed by atoms with Gasteiger partial charge in [-0.15, -0.1) is 0 Å². The zero-order valence-corrected chi connectivity index (χ0v) is 13.5. The molecule has 0 amide bonds. The van der Waals surface area contributed by atoms with Crippen LogP contribution in [0.5, 0.6) is 0 Å². The summed E-state index contributed by atoms with van der Waals surface area (Å²) in [6, 6.07) is 12.1. The largest absolute Gasteiger partial charge is 0.465 e. The van der Waals surface area contributed by atoms with Crippen molar-refractivity contribution in [2.75, 3.05) is 12.4 Å². The van der Waals surface area contributed by atoms with Crippen LogP contribution in [0.25, 0.3) is 0 Å². The second-order valence-electron chi connectivity index (χ2n) is 5.29. The second kappa shape index (κ2) is 6.19. The third kappa shape index (κ3) is 2.79. The Kier molecular flexibility index (Phi) is 4.27. The number of esters is 1. The molecule has 0 bridgehead atoms. The van der Waals surface area contributed by atoms with E-state index in [2.05, 4.69) is 17.4 Å². The van der Waals surface area contributed by atoms with E-state index >= 15 is 0 Å². The lowest BCUT2D eigenvalue weighted by Gasteiger charge is -2.17. The normalized spacial score (nSPS) is 13.8. The summed E-state index contributed by atoms with van der Waals surface area (Å²) in [6.07, 6.45) is 1.87. The zero-order chi connectivity index (χ0) is 15.7. The molecule has 0 saturated carbocycles. The molecule has 0 unspecified atom stereocenters. The highest BCUT2D eigenvalue weighted by atomic mass is 35.5. The Balaban J connectivity index is 1.84. The number of carbonyl (C=O) groups excluding carboxylic acids is 1. The molecule has 3 nitrogen and oxygen atoms in total.